The molecule has 1 aromatic carbocycles. The van der Waals surface area contributed by atoms with E-state index in [9.17, 15) is 5.11 Å². The third kappa shape index (κ3) is 7.42. The van der Waals surface area contributed by atoms with Crippen molar-refractivity contribution in [3.05, 3.63) is 71.4 Å². The molecule has 0 saturated heterocycles. The molecule has 0 fully saturated rings. The van der Waals surface area contributed by atoms with Crippen LogP contribution in [0.3, 0.4) is 0 Å². The van der Waals surface area contributed by atoms with E-state index in [1.165, 1.54) is 0 Å². The fourth-order valence-electron chi connectivity index (χ4n) is 1.48. The predicted octanol–water partition coefficient (Wildman–Crippen LogP) is 6.26. The van der Waals surface area contributed by atoms with Gasteiger partial charge in [0.15, 0.2) is 0 Å². The van der Waals surface area contributed by atoms with Crippen LogP contribution in [0, 0.1) is 0 Å². The van der Waals surface area contributed by atoms with Crippen LogP contribution in [0.5, 0.6) is 0 Å². The highest BCUT2D eigenvalue weighted by molar-refractivity contribution is 6.31. The largest absolute Gasteiger partial charge is 0.508 e. The molecule has 114 valence electrons. The Bertz CT molecular complexity index is 542. The van der Waals surface area contributed by atoms with E-state index < -0.39 is 0 Å². The summed E-state index contributed by atoms with van der Waals surface area (Å²) in [5, 5.41) is 13.4. The van der Waals surface area contributed by atoms with Crippen LogP contribution in [0.25, 0.3) is 5.76 Å². The summed E-state index contributed by atoms with van der Waals surface area (Å²) in [6, 6.07) is 7.45. The number of nitrogens with one attached hydrogen (secondary N) is 1. The third-order valence-corrected chi connectivity index (χ3v) is 2.79. The number of aliphatic hydroxyl groups is 1. The van der Waals surface area contributed by atoms with Crippen molar-refractivity contribution >= 4 is 23.0 Å². The van der Waals surface area contributed by atoms with Gasteiger partial charge in [-0.1, -0.05) is 56.3 Å². The molecule has 0 spiro atoms. The van der Waals surface area contributed by atoms with Crippen LogP contribution in [-0.4, -0.2) is 5.11 Å². The molecular weight excluding hydrogens is 282 g/mol. The van der Waals surface area contributed by atoms with E-state index in [1.807, 2.05) is 76.3 Å². The zero-order chi connectivity index (χ0) is 16.3. The maximum atomic E-state index is 9.51. The Kier molecular flexibility index (Phi) is 9.82. The fraction of sp³-hybridized carbons (Fsp3) is 0.222. The summed E-state index contributed by atoms with van der Waals surface area (Å²) in [6.07, 6.45) is 7.40. The molecule has 0 radical (unpaired) electrons. The van der Waals surface area contributed by atoms with Crippen LogP contribution < -0.4 is 5.32 Å². The maximum absolute atomic E-state index is 9.51. The first-order valence-electron chi connectivity index (χ1n) is 6.95. The van der Waals surface area contributed by atoms with Crippen LogP contribution in [0.15, 0.2) is 65.9 Å². The van der Waals surface area contributed by atoms with Gasteiger partial charge >= 0.3 is 0 Å². The van der Waals surface area contributed by atoms with E-state index in [2.05, 4.69) is 11.9 Å². The molecule has 3 heteroatoms. The first-order chi connectivity index (χ1) is 10.0. The van der Waals surface area contributed by atoms with Crippen molar-refractivity contribution < 1.29 is 5.11 Å². The average molecular weight is 306 g/mol. The lowest BCUT2D eigenvalue weighted by atomic mass is 10.1. The number of aliphatic hydroxyl groups excluding tert-OH is 1. The highest BCUT2D eigenvalue weighted by Crippen LogP contribution is 2.22. The van der Waals surface area contributed by atoms with Crippen molar-refractivity contribution in [3.8, 4) is 0 Å². The molecule has 0 saturated carbocycles. The van der Waals surface area contributed by atoms with Gasteiger partial charge in [-0.25, -0.2) is 0 Å². The second-order valence-corrected chi connectivity index (χ2v) is 4.44. The molecule has 0 aliphatic heterocycles. The van der Waals surface area contributed by atoms with Crippen molar-refractivity contribution in [2.75, 3.05) is 5.32 Å². The van der Waals surface area contributed by atoms with Gasteiger partial charge in [-0.2, -0.15) is 0 Å². The molecule has 1 rings (SSSR count). The van der Waals surface area contributed by atoms with E-state index in [1.54, 1.807) is 0 Å². The van der Waals surface area contributed by atoms with Gasteiger partial charge in [0.25, 0.3) is 0 Å². The van der Waals surface area contributed by atoms with Crippen molar-refractivity contribution in [3.63, 3.8) is 0 Å². The first kappa shape index (κ1) is 19.1. The molecule has 0 aliphatic rings. The minimum Gasteiger partial charge on any atom is -0.508 e. The molecule has 0 bridgehead atoms. The fourth-order valence-corrected chi connectivity index (χ4v) is 1.55. The predicted molar refractivity (Wildman–Crippen MR) is 95.6 cm³/mol. The van der Waals surface area contributed by atoms with E-state index in [0.717, 1.165) is 11.4 Å². The number of para-hydroxylation sites is 1. The van der Waals surface area contributed by atoms with Gasteiger partial charge in [-0.15, -0.1) is 0 Å². The van der Waals surface area contributed by atoms with Crippen LogP contribution >= 0.6 is 11.6 Å². The highest BCUT2D eigenvalue weighted by Gasteiger charge is 2.03. The maximum Gasteiger partial charge on any atom is 0.117 e. The average Bonchev–Trinajstić information content (AvgIpc) is 2.49. The van der Waals surface area contributed by atoms with Gasteiger partial charge in [0.05, 0.1) is 0 Å². The van der Waals surface area contributed by atoms with Gasteiger partial charge in [0.2, 0.25) is 0 Å². The van der Waals surface area contributed by atoms with Gasteiger partial charge in [-0.05, 0) is 38.1 Å². The number of halogens is 1. The van der Waals surface area contributed by atoms with Gasteiger partial charge in [0.1, 0.15) is 5.76 Å². The van der Waals surface area contributed by atoms with E-state index in [4.69, 9.17) is 11.6 Å². The highest BCUT2D eigenvalue weighted by atomic mass is 35.5. The number of hydrogen-bond acceptors (Lipinski definition) is 2. The third-order valence-electron chi connectivity index (χ3n) is 2.45. The molecule has 0 amide bonds. The van der Waals surface area contributed by atoms with Gasteiger partial charge in [-0.3, -0.25) is 0 Å². The van der Waals surface area contributed by atoms with E-state index in [0.29, 0.717) is 10.6 Å². The summed E-state index contributed by atoms with van der Waals surface area (Å²) in [5.74, 6) is 0.0448. The van der Waals surface area contributed by atoms with Crippen molar-refractivity contribution in [1.82, 2.24) is 0 Å². The molecule has 2 nitrogen and oxygen atoms in total. The van der Waals surface area contributed by atoms with Gasteiger partial charge in [0, 0.05) is 22.0 Å². The lowest BCUT2D eigenvalue weighted by Crippen LogP contribution is -1.98. The number of hydrogen-bond donors (Lipinski definition) is 2. The smallest absolute Gasteiger partial charge is 0.117 e. The molecule has 0 unspecified atom stereocenters. The van der Waals surface area contributed by atoms with Crippen molar-refractivity contribution in [2.24, 2.45) is 0 Å². The Morgan fingerprint density at radius 3 is 2.48 bits per heavy atom. The van der Waals surface area contributed by atoms with Gasteiger partial charge < -0.3 is 10.4 Å². The Labute approximate surface area is 133 Å². The SMILES string of the molecule is C=C(O)c1ccccc1N/C(C)=C/C=C\C(Cl)=C\C.CC. The number of rotatable bonds is 5. The van der Waals surface area contributed by atoms with Crippen molar-refractivity contribution in [2.45, 2.75) is 27.7 Å². The second kappa shape index (κ2) is 10.8. The first-order valence-corrected chi connectivity index (χ1v) is 7.33. The monoisotopic (exact) mass is 305 g/mol. The Morgan fingerprint density at radius 2 is 1.90 bits per heavy atom. The normalized spacial score (nSPS) is 11.9. The van der Waals surface area contributed by atoms with Crippen LogP contribution in [0.4, 0.5) is 5.69 Å². The molecule has 0 heterocycles. The van der Waals surface area contributed by atoms with Crippen LogP contribution in [-0.2, 0) is 0 Å². The lowest BCUT2D eigenvalue weighted by Gasteiger charge is -2.10. The molecular formula is C18H24ClNO. The second-order valence-electron chi connectivity index (χ2n) is 4.00. The summed E-state index contributed by atoms with van der Waals surface area (Å²) in [7, 11) is 0. The Morgan fingerprint density at radius 1 is 1.29 bits per heavy atom. The summed E-state index contributed by atoms with van der Waals surface area (Å²) in [4.78, 5) is 0. The molecule has 0 aliphatic carbocycles. The van der Waals surface area contributed by atoms with Crippen LogP contribution in [0.1, 0.15) is 33.3 Å². The summed E-state index contributed by atoms with van der Waals surface area (Å²) in [5.41, 5.74) is 2.44. The Hall–Kier alpha value is -1.93. The molecule has 2 N–H and O–H groups in total. The zero-order valence-corrected chi connectivity index (χ0v) is 13.9. The molecule has 1 aromatic rings. The quantitative estimate of drug-likeness (QED) is 0.497. The topological polar surface area (TPSA) is 32.3 Å². The van der Waals surface area contributed by atoms with Crippen molar-refractivity contribution in [1.29, 1.82) is 0 Å². The minimum atomic E-state index is 0.0448. The standard InChI is InChI=1S/C16H18ClNO.C2H6/c1-4-14(17)9-7-8-12(2)18-16-11-6-5-10-15(16)13(3)19;1-2/h4-11,18-19H,3H2,1-2H3;1-2H3/b9-7-,12-8+,14-4-;. The number of anilines is 1. The summed E-state index contributed by atoms with van der Waals surface area (Å²) >= 11 is 5.86. The lowest BCUT2D eigenvalue weighted by molar-refractivity contribution is 0.514. The minimum absolute atomic E-state index is 0.0448. The number of allylic oxidation sites excluding steroid dienone is 6. The molecule has 21 heavy (non-hydrogen) atoms. The summed E-state index contributed by atoms with van der Waals surface area (Å²) in [6.45, 7) is 11.4. The number of benzene rings is 1. The summed E-state index contributed by atoms with van der Waals surface area (Å²) < 4.78 is 0. The molecule has 0 atom stereocenters. The zero-order valence-electron chi connectivity index (χ0n) is 13.2. The van der Waals surface area contributed by atoms with E-state index >= 15 is 0 Å². The van der Waals surface area contributed by atoms with Crippen LogP contribution in [0.2, 0.25) is 0 Å². The Balaban J connectivity index is 0.00000191. The van der Waals surface area contributed by atoms with E-state index in [-0.39, 0.29) is 5.76 Å². The molecule has 0 aromatic heterocycles.